The van der Waals surface area contributed by atoms with Crippen molar-refractivity contribution in [1.29, 1.82) is 0 Å². The maximum absolute atomic E-state index is 13.4. The largest absolute Gasteiger partial charge is 0.462 e. The van der Waals surface area contributed by atoms with E-state index in [0.717, 1.165) is 15.5 Å². The fourth-order valence-corrected chi connectivity index (χ4v) is 5.08. The molecular formula is C21H18FN3O3S2. The molecule has 0 saturated carbocycles. The first kappa shape index (κ1) is 20.2. The van der Waals surface area contributed by atoms with Crippen LogP contribution in [0.3, 0.4) is 0 Å². The zero-order valence-electron chi connectivity index (χ0n) is 16.5. The van der Waals surface area contributed by atoms with E-state index >= 15 is 0 Å². The highest BCUT2D eigenvalue weighted by atomic mass is 32.1. The molecule has 0 aliphatic heterocycles. The van der Waals surface area contributed by atoms with Crippen LogP contribution in [-0.4, -0.2) is 27.9 Å². The first-order valence-corrected chi connectivity index (χ1v) is 10.9. The molecule has 154 valence electrons. The molecule has 0 atom stereocenters. The molecule has 1 amide bonds. The summed E-state index contributed by atoms with van der Waals surface area (Å²) in [4.78, 5) is 31.5. The first-order chi connectivity index (χ1) is 14.4. The fraction of sp³-hybridized carbons (Fsp3) is 0.190. The Balaban J connectivity index is 1.74. The van der Waals surface area contributed by atoms with Gasteiger partial charge in [0.1, 0.15) is 22.1 Å². The Labute approximate surface area is 180 Å². The molecule has 3 heterocycles. The number of thiazole rings is 1. The Kier molecular flexibility index (Phi) is 5.40. The van der Waals surface area contributed by atoms with Crippen molar-refractivity contribution in [3.8, 4) is 11.1 Å². The summed E-state index contributed by atoms with van der Waals surface area (Å²) >= 11 is 2.72. The third-order valence-corrected chi connectivity index (χ3v) is 6.52. The number of hydrogen-bond donors (Lipinski definition) is 1. The van der Waals surface area contributed by atoms with Crippen molar-refractivity contribution in [2.24, 2.45) is 0 Å². The highest BCUT2D eigenvalue weighted by Gasteiger charge is 2.26. The van der Waals surface area contributed by atoms with Crippen molar-refractivity contribution < 1.29 is 18.7 Å². The van der Waals surface area contributed by atoms with Gasteiger partial charge in [-0.15, -0.1) is 22.7 Å². The SMILES string of the molecule is CCOC(=O)c1c(NC(=O)c2cn3c(C)csc3n2)sc(C)c1-c1ccc(F)cc1. The van der Waals surface area contributed by atoms with Crippen LogP contribution in [0.2, 0.25) is 0 Å². The van der Waals surface area contributed by atoms with Crippen molar-refractivity contribution in [3.05, 3.63) is 63.5 Å². The smallest absolute Gasteiger partial charge is 0.341 e. The monoisotopic (exact) mass is 443 g/mol. The lowest BCUT2D eigenvalue weighted by Gasteiger charge is -2.08. The molecular weight excluding hydrogens is 425 g/mol. The van der Waals surface area contributed by atoms with Crippen LogP contribution >= 0.6 is 22.7 Å². The standard InChI is InChI=1S/C21H18FN3O3S2/c1-4-28-20(27)17-16(13-5-7-14(22)8-6-13)12(3)30-19(17)24-18(26)15-9-25-11(2)10-29-21(25)23-15/h5-10H,4H2,1-3H3,(H,24,26). The number of hydrogen-bond acceptors (Lipinski definition) is 6. The second-order valence-electron chi connectivity index (χ2n) is 6.57. The third-order valence-electron chi connectivity index (χ3n) is 4.54. The predicted molar refractivity (Wildman–Crippen MR) is 116 cm³/mol. The number of aryl methyl sites for hydroxylation is 2. The van der Waals surface area contributed by atoms with Crippen LogP contribution < -0.4 is 5.32 Å². The fourth-order valence-electron chi connectivity index (χ4n) is 3.17. The summed E-state index contributed by atoms with van der Waals surface area (Å²) in [6, 6.07) is 5.87. The van der Waals surface area contributed by atoms with Gasteiger partial charge in [-0.1, -0.05) is 12.1 Å². The van der Waals surface area contributed by atoms with Gasteiger partial charge in [0.25, 0.3) is 5.91 Å². The molecule has 0 radical (unpaired) electrons. The number of halogens is 1. The lowest BCUT2D eigenvalue weighted by molar-refractivity contribution is 0.0529. The predicted octanol–water partition coefficient (Wildman–Crippen LogP) is 5.31. The second kappa shape index (κ2) is 8.00. The maximum atomic E-state index is 13.4. The molecule has 0 spiro atoms. The minimum Gasteiger partial charge on any atom is -0.462 e. The average molecular weight is 444 g/mol. The summed E-state index contributed by atoms with van der Waals surface area (Å²) in [5.41, 5.74) is 2.80. The number of nitrogens with one attached hydrogen (secondary N) is 1. The number of amides is 1. The number of esters is 1. The number of rotatable bonds is 5. The van der Waals surface area contributed by atoms with Gasteiger partial charge in [0.15, 0.2) is 4.96 Å². The van der Waals surface area contributed by atoms with E-state index in [0.29, 0.717) is 16.1 Å². The molecule has 0 unspecified atom stereocenters. The van der Waals surface area contributed by atoms with E-state index in [9.17, 15) is 14.0 Å². The van der Waals surface area contributed by atoms with Crippen molar-refractivity contribution >= 4 is 44.5 Å². The maximum Gasteiger partial charge on any atom is 0.341 e. The number of anilines is 1. The zero-order chi connectivity index (χ0) is 21.4. The van der Waals surface area contributed by atoms with Crippen molar-refractivity contribution in [3.63, 3.8) is 0 Å². The van der Waals surface area contributed by atoms with Crippen LogP contribution in [-0.2, 0) is 4.74 Å². The number of fused-ring (bicyclic) bond motifs is 1. The summed E-state index contributed by atoms with van der Waals surface area (Å²) in [6.45, 7) is 5.69. The van der Waals surface area contributed by atoms with E-state index in [2.05, 4.69) is 10.3 Å². The van der Waals surface area contributed by atoms with Gasteiger partial charge in [0.05, 0.1) is 6.61 Å². The number of benzene rings is 1. The molecule has 0 bridgehead atoms. The van der Waals surface area contributed by atoms with Crippen LogP contribution in [0.1, 0.15) is 38.3 Å². The van der Waals surface area contributed by atoms with Gasteiger partial charge < -0.3 is 10.1 Å². The lowest BCUT2D eigenvalue weighted by atomic mass is 10.0. The van der Waals surface area contributed by atoms with Crippen LogP contribution in [0, 0.1) is 19.7 Å². The summed E-state index contributed by atoms with van der Waals surface area (Å²) in [6.07, 6.45) is 1.67. The quantitative estimate of drug-likeness (QED) is 0.424. The van der Waals surface area contributed by atoms with Gasteiger partial charge in [-0.2, -0.15) is 0 Å². The Morgan fingerprint density at radius 3 is 2.63 bits per heavy atom. The minimum atomic E-state index is -0.543. The third kappa shape index (κ3) is 3.61. The number of imidazole rings is 1. The van der Waals surface area contributed by atoms with Gasteiger partial charge in [-0.3, -0.25) is 9.20 Å². The molecule has 1 N–H and O–H groups in total. The molecule has 1 aromatic carbocycles. The molecule has 3 aromatic heterocycles. The van der Waals surface area contributed by atoms with E-state index in [4.69, 9.17) is 4.74 Å². The zero-order valence-corrected chi connectivity index (χ0v) is 18.1. The molecule has 4 aromatic rings. The van der Waals surface area contributed by atoms with Crippen molar-refractivity contribution in [1.82, 2.24) is 9.38 Å². The Morgan fingerprint density at radius 2 is 1.97 bits per heavy atom. The van der Waals surface area contributed by atoms with Gasteiger partial charge in [0.2, 0.25) is 0 Å². The average Bonchev–Trinajstić information content (AvgIpc) is 3.37. The van der Waals surface area contributed by atoms with Crippen molar-refractivity contribution in [2.75, 3.05) is 11.9 Å². The van der Waals surface area contributed by atoms with E-state index < -0.39 is 11.9 Å². The van der Waals surface area contributed by atoms with E-state index in [1.165, 1.54) is 34.8 Å². The summed E-state index contributed by atoms with van der Waals surface area (Å²) in [7, 11) is 0. The van der Waals surface area contributed by atoms with Gasteiger partial charge in [-0.25, -0.2) is 14.2 Å². The van der Waals surface area contributed by atoms with Gasteiger partial charge in [-0.05, 0) is 38.5 Å². The Morgan fingerprint density at radius 1 is 1.23 bits per heavy atom. The second-order valence-corrected chi connectivity index (χ2v) is 8.64. The number of carbonyl (C=O) groups excluding carboxylic acids is 2. The van der Waals surface area contributed by atoms with Crippen LogP contribution in [0.15, 0.2) is 35.8 Å². The minimum absolute atomic E-state index is 0.195. The molecule has 0 saturated heterocycles. The number of carbonyl (C=O) groups is 2. The normalized spacial score (nSPS) is 11.1. The molecule has 0 aliphatic rings. The Bertz CT molecular complexity index is 1250. The van der Waals surface area contributed by atoms with Crippen LogP contribution in [0.4, 0.5) is 9.39 Å². The van der Waals surface area contributed by atoms with Crippen LogP contribution in [0.5, 0.6) is 0 Å². The lowest BCUT2D eigenvalue weighted by Crippen LogP contribution is -2.15. The molecule has 0 aliphatic carbocycles. The van der Waals surface area contributed by atoms with Gasteiger partial charge >= 0.3 is 5.97 Å². The summed E-state index contributed by atoms with van der Waals surface area (Å²) in [5, 5.41) is 5.15. The molecule has 30 heavy (non-hydrogen) atoms. The topological polar surface area (TPSA) is 72.7 Å². The highest BCUT2D eigenvalue weighted by molar-refractivity contribution is 7.17. The first-order valence-electron chi connectivity index (χ1n) is 9.20. The van der Waals surface area contributed by atoms with E-state index in [1.54, 1.807) is 25.3 Å². The highest BCUT2D eigenvalue weighted by Crippen LogP contribution is 2.40. The molecule has 4 rings (SSSR count). The summed E-state index contributed by atoms with van der Waals surface area (Å²) < 4.78 is 20.5. The Hall–Kier alpha value is -3.04. The number of ether oxygens (including phenoxy) is 1. The van der Waals surface area contributed by atoms with E-state index in [1.807, 2.05) is 23.6 Å². The summed E-state index contributed by atoms with van der Waals surface area (Å²) in [5.74, 6) is -1.33. The number of aromatic nitrogens is 2. The van der Waals surface area contributed by atoms with Crippen molar-refractivity contribution in [2.45, 2.75) is 20.8 Å². The van der Waals surface area contributed by atoms with E-state index in [-0.39, 0.29) is 23.7 Å². The van der Waals surface area contributed by atoms with Crippen LogP contribution in [0.25, 0.3) is 16.1 Å². The number of nitrogens with zero attached hydrogens (tertiary/aromatic N) is 2. The molecule has 0 fully saturated rings. The number of thiophene rings is 1. The molecule has 9 heteroatoms. The molecule has 6 nitrogen and oxygen atoms in total. The van der Waals surface area contributed by atoms with Gasteiger partial charge in [0, 0.05) is 27.7 Å².